The molecule has 0 aliphatic rings. The summed E-state index contributed by atoms with van der Waals surface area (Å²) in [7, 11) is 0. The van der Waals surface area contributed by atoms with Gasteiger partial charge in [-0.05, 0) is 34.7 Å². The van der Waals surface area contributed by atoms with Gasteiger partial charge in [-0.3, -0.25) is 4.57 Å². The van der Waals surface area contributed by atoms with Crippen molar-refractivity contribution >= 4 is 0 Å². The van der Waals surface area contributed by atoms with Crippen LogP contribution in [-0.4, -0.2) is 35.0 Å². The van der Waals surface area contributed by atoms with E-state index in [9.17, 15) is 4.79 Å². The Morgan fingerprint density at radius 3 is 2.44 bits per heavy atom. The Morgan fingerprint density at radius 2 is 1.72 bits per heavy atom. The van der Waals surface area contributed by atoms with E-state index in [0.29, 0.717) is 25.3 Å². The standard InChI is InChI=1S/C28H35N7O/c1-3-5-7-8-9-12-20-35-28(36)34(26(31-35)15-6-4-2)21-22-16-18-23(19-17-22)24-13-10-11-14-25(24)27-29-32-33-30-27/h4,10-11,13-14,16-19H,2-3,5-9,12,15,20-21H2,1H3,(H,29,30,32,33). The van der Waals surface area contributed by atoms with Crippen LogP contribution in [0.5, 0.6) is 0 Å². The molecule has 0 aliphatic heterocycles. The molecule has 2 heterocycles. The van der Waals surface area contributed by atoms with Gasteiger partial charge in [0.05, 0.1) is 6.54 Å². The summed E-state index contributed by atoms with van der Waals surface area (Å²) in [6, 6.07) is 16.3. The molecule has 8 heteroatoms. The predicted molar refractivity (Wildman–Crippen MR) is 143 cm³/mol. The lowest BCUT2D eigenvalue weighted by molar-refractivity contribution is 0.510. The number of hydrogen-bond acceptors (Lipinski definition) is 5. The molecule has 0 saturated heterocycles. The Hall–Kier alpha value is -3.81. The van der Waals surface area contributed by atoms with E-state index < -0.39 is 0 Å². The minimum atomic E-state index is -0.0332. The summed E-state index contributed by atoms with van der Waals surface area (Å²) < 4.78 is 3.45. The van der Waals surface area contributed by atoms with Gasteiger partial charge in [0.1, 0.15) is 5.82 Å². The fourth-order valence-corrected chi connectivity index (χ4v) is 4.43. The van der Waals surface area contributed by atoms with Gasteiger partial charge in [0, 0.05) is 18.5 Å². The van der Waals surface area contributed by atoms with E-state index in [4.69, 9.17) is 0 Å². The molecule has 0 spiro atoms. The van der Waals surface area contributed by atoms with Gasteiger partial charge in [0.2, 0.25) is 5.82 Å². The summed E-state index contributed by atoms with van der Waals surface area (Å²) in [5.74, 6) is 1.38. The topological polar surface area (TPSA) is 94.3 Å². The Kier molecular flexibility index (Phi) is 8.97. The zero-order valence-electron chi connectivity index (χ0n) is 21.1. The summed E-state index contributed by atoms with van der Waals surface area (Å²) in [6.07, 6.45) is 10.5. The summed E-state index contributed by atoms with van der Waals surface area (Å²) in [6.45, 7) is 7.22. The van der Waals surface area contributed by atoms with E-state index in [1.165, 1.54) is 25.7 Å². The zero-order valence-corrected chi connectivity index (χ0v) is 21.1. The lowest BCUT2D eigenvalue weighted by Crippen LogP contribution is -2.26. The Labute approximate surface area is 212 Å². The molecule has 0 radical (unpaired) electrons. The maximum Gasteiger partial charge on any atom is 0.346 e. The van der Waals surface area contributed by atoms with Crippen LogP contribution >= 0.6 is 0 Å². The third-order valence-corrected chi connectivity index (χ3v) is 6.41. The molecule has 0 unspecified atom stereocenters. The minimum Gasteiger partial charge on any atom is -0.274 e. The van der Waals surface area contributed by atoms with Crippen LogP contribution in [0, 0.1) is 0 Å². The van der Waals surface area contributed by atoms with Gasteiger partial charge in [-0.15, -0.1) is 16.8 Å². The molecule has 0 atom stereocenters. The third-order valence-electron chi connectivity index (χ3n) is 6.41. The zero-order chi connectivity index (χ0) is 25.2. The summed E-state index contributed by atoms with van der Waals surface area (Å²) >= 11 is 0. The molecule has 0 amide bonds. The van der Waals surface area contributed by atoms with Crippen LogP contribution < -0.4 is 5.69 Å². The second-order valence-electron chi connectivity index (χ2n) is 9.08. The molecule has 8 nitrogen and oxygen atoms in total. The highest BCUT2D eigenvalue weighted by Crippen LogP contribution is 2.29. The van der Waals surface area contributed by atoms with E-state index >= 15 is 0 Å². The molecule has 2 aromatic heterocycles. The molecule has 0 aliphatic carbocycles. The van der Waals surface area contributed by atoms with Crippen molar-refractivity contribution in [2.24, 2.45) is 0 Å². The van der Waals surface area contributed by atoms with E-state index in [0.717, 1.165) is 47.3 Å². The first-order valence-electron chi connectivity index (χ1n) is 12.9. The van der Waals surface area contributed by atoms with E-state index in [2.05, 4.69) is 63.5 Å². The van der Waals surface area contributed by atoms with Crippen molar-refractivity contribution in [2.75, 3.05) is 0 Å². The smallest absolute Gasteiger partial charge is 0.274 e. The van der Waals surface area contributed by atoms with Gasteiger partial charge in [-0.1, -0.05) is 93.6 Å². The molecule has 4 aromatic rings. The molecule has 36 heavy (non-hydrogen) atoms. The number of aromatic nitrogens is 7. The molecular formula is C28H35N7O. The van der Waals surface area contributed by atoms with Crippen LogP contribution in [0.15, 0.2) is 66.0 Å². The van der Waals surface area contributed by atoms with Crippen molar-refractivity contribution in [1.29, 1.82) is 0 Å². The maximum absolute atomic E-state index is 13.2. The fourth-order valence-electron chi connectivity index (χ4n) is 4.43. The van der Waals surface area contributed by atoms with Gasteiger partial charge in [0.25, 0.3) is 0 Å². The van der Waals surface area contributed by atoms with Crippen molar-refractivity contribution in [3.63, 3.8) is 0 Å². The Bertz CT molecular complexity index is 1290. The maximum atomic E-state index is 13.2. The monoisotopic (exact) mass is 485 g/mol. The number of aryl methyl sites for hydroxylation is 2. The summed E-state index contributed by atoms with van der Waals surface area (Å²) in [5.41, 5.74) is 4.02. The first-order chi connectivity index (χ1) is 17.7. The number of H-pyrrole nitrogens is 1. The van der Waals surface area contributed by atoms with E-state index in [1.54, 1.807) is 4.68 Å². The van der Waals surface area contributed by atoms with Gasteiger partial charge in [-0.25, -0.2) is 9.48 Å². The van der Waals surface area contributed by atoms with Crippen molar-refractivity contribution in [3.8, 4) is 22.5 Å². The second kappa shape index (κ2) is 12.8. The van der Waals surface area contributed by atoms with Crippen LogP contribution in [0.3, 0.4) is 0 Å². The highest BCUT2D eigenvalue weighted by Gasteiger charge is 2.14. The number of aromatic amines is 1. The molecular weight excluding hydrogens is 450 g/mol. The minimum absolute atomic E-state index is 0.0332. The largest absolute Gasteiger partial charge is 0.346 e. The number of unbranched alkanes of at least 4 members (excludes halogenated alkanes) is 5. The number of rotatable bonds is 14. The van der Waals surface area contributed by atoms with Gasteiger partial charge in [0.15, 0.2) is 0 Å². The van der Waals surface area contributed by atoms with Crippen molar-refractivity contribution in [3.05, 3.63) is 83.1 Å². The molecule has 1 N–H and O–H groups in total. The normalized spacial score (nSPS) is 11.1. The fraction of sp³-hybridized carbons (Fsp3) is 0.393. The van der Waals surface area contributed by atoms with Crippen LogP contribution in [0.25, 0.3) is 22.5 Å². The highest BCUT2D eigenvalue weighted by atomic mass is 16.2. The average Bonchev–Trinajstić information content (AvgIpc) is 3.55. The lowest BCUT2D eigenvalue weighted by Gasteiger charge is -2.09. The molecule has 2 aromatic carbocycles. The van der Waals surface area contributed by atoms with Crippen LogP contribution in [0.2, 0.25) is 0 Å². The van der Waals surface area contributed by atoms with Gasteiger partial charge < -0.3 is 0 Å². The average molecular weight is 486 g/mol. The molecule has 4 rings (SSSR count). The Balaban J connectivity index is 1.50. The number of hydrogen-bond donors (Lipinski definition) is 1. The molecule has 0 bridgehead atoms. The van der Waals surface area contributed by atoms with Gasteiger partial charge >= 0.3 is 5.69 Å². The van der Waals surface area contributed by atoms with Crippen LogP contribution in [-0.2, 0) is 19.5 Å². The van der Waals surface area contributed by atoms with Crippen molar-refractivity contribution in [2.45, 2.75) is 71.4 Å². The number of tetrazole rings is 1. The third kappa shape index (κ3) is 6.24. The first kappa shape index (κ1) is 25.3. The number of nitrogens with zero attached hydrogens (tertiary/aromatic N) is 6. The van der Waals surface area contributed by atoms with E-state index in [-0.39, 0.29) is 5.69 Å². The highest BCUT2D eigenvalue weighted by molar-refractivity contribution is 5.80. The van der Waals surface area contributed by atoms with Gasteiger partial charge in [-0.2, -0.15) is 10.3 Å². The van der Waals surface area contributed by atoms with E-state index in [1.807, 2.05) is 34.9 Å². The summed E-state index contributed by atoms with van der Waals surface area (Å²) in [5, 5.41) is 19.1. The van der Waals surface area contributed by atoms with Crippen LogP contribution in [0.1, 0.15) is 63.3 Å². The number of benzene rings is 2. The SMILES string of the molecule is C=CCCc1nn(CCCCCCCC)c(=O)n1Cc1ccc(-c2ccccc2-c2nn[nH]n2)cc1. The first-order valence-corrected chi connectivity index (χ1v) is 12.9. The summed E-state index contributed by atoms with van der Waals surface area (Å²) in [4.78, 5) is 13.2. The lowest BCUT2D eigenvalue weighted by atomic mass is 9.98. The van der Waals surface area contributed by atoms with Crippen LogP contribution in [0.4, 0.5) is 0 Å². The second-order valence-corrected chi connectivity index (χ2v) is 9.08. The quantitative estimate of drug-likeness (QED) is 0.190. The molecule has 0 fully saturated rings. The predicted octanol–water partition coefficient (Wildman–Crippen LogP) is 5.42. The van der Waals surface area contributed by atoms with Crippen molar-refractivity contribution < 1.29 is 0 Å². The Morgan fingerprint density at radius 1 is 0.972 bits per heavy atom. The van der Waals surface area contributed by atoms with Crippen molar-refractivity contribution in [1.82, 2.24) is 35.0 Å². The number of allylic oxidation sites excluding steroid dienone is 1. The number of nitrogens with one attached hydrogen (secondary N) is 1. The molecule has 188 valence electrons. The molecule has 0 saturated carbocycles.